The minimum absolute atomic E-state index is 0.121. The van der Waals surface area contributed by atoms with Crippen molar-refractivity contribution in [1.82, 2.24) is 4.90 Å². The van der Waals surface area contributed by atoms with Crippen molar-refractivity contribution in [2.75, 3.05) is 6.61 Å². The summed E-state index contributed by atoms with van der Waals surface area (Å²) in [4.78, 5) is 29.8. The highest BCUT2D eigenvalue weighted by Crippen LogP contribution is 2.34. The normalized spacial score (nSPS) is 17.0. The molecule has 0 spiro atoms. The predicted molar refractivity (Wildman–Crippen MR) is 183 cm³/mol. The summed E-state index contributed by atoms with van der Waals surface area (Å²) < 4.78 is 31.1. The SMILES string of the molecule is CC(C)(C)OC(=O)N1[C@@H]([C@@H](OCc2ccccc2)[C@H](OCc2ccccc2)C(=O)c2ccc(OCc3ccccc3)cc2)COC1(C)C. The van der Waals surface area contributed by atoms with Crippen LogP contribution in [-0.2, 0) is 38.8 Å². The number of carbonyl (C=O) groups excluding carboxylic acids is 2. The van der Waals surface area contributed by atoms with Crippen LogP contribution in [-0.4, -0.2) is 53.0 Å². The van der Waals surface area contributed by atoms with Gasteiger partial charge in [0, 0.05) is 5.56 Å². The third kappa shape index (κ3) is 9.31. The van der Waals surface area contributed by atoms with E-state index in [9.17, 15) is 9.59 Å². The van der Waals surface area contributed by atoms with Crippen molar-refractivity contribution in [3.05, 3.63) is 138 Å². The van der Waals surface area contributed by atoms with E-state index in [2.05, 4.69) is 0 Å². The van der Waals surface area contributed by atoms with Gasteiger partial charge in [-0.1, -0.05) is 91.0 Å². The van der Waals surface area contributed by atoms with Gasteiger partial charge in [-0.05, 0) is 75.6 Å². The molecule has 0 bridgehead atoms. The van der Waals surface area contributed by atoms with E-state index in [4.69, 9.17) is 23.7 Å². The van der Waals surface area contributed by atoms with Crippen LogP contribution in [0.1, 0.15) is 61.7 Å². The maximum absolute atomic E-state index is 14.5. The summed E-state index contributed by atoms with van der Waals surface area (Å²) >= 11 is 0. The largest absolute Gasteiger partial charge is 0.489 e. The van der Waals surface area contributed by atoms with Gasteiger partial charge in [0.15, 0.2) is 5.78 Å². The zero-order valence-corrected chi connectivity index (χ0v) is 28.3. The van der Waals surface area contributed by atoms with E-state index in [1.807, 2.05) is 112 Å². The van der Waals surface area contributed by atoms with Gasteiger partial charge in [-0.25, -0.2) is 4.79 Å². The molecule has 8 heteroatoms. The van der Waals surface area contributed by atoms with Crippen LogP contribution in [0.3, 0.4) is 0 Å². The van der Waals surface area contributed by atoms with Gasteiger partial charge in [0.1, 0.15) is 35.9 Å². The maximum Gasteiger partial charge on any atom is 0.412 e. The van der Waals surface area contributed by atoms with Crippen molar-refractivity contribution in [2.45, 2.75) is 84.0 Å². The lowest BCUT2D eigenvalue weighted by Gasteiger charge is -2.39. The molecule has 8 nitrogen and oxygen atoms in total. The first-order valence-corrected chi connectivity index (χ1v) is 16.3. The van der Waals surface area contributed by atoms with Crippen LogP contribution in [0.4, 0.5) is 4.79 Å². The highest BCUT2D eigenvalue weighted by Gasteiger charge is 2.52. The van der Waals surface area contributed by atoms with Gasteiger partial charge in [-0.15, -0.1) is 0 Å². The van der Waals surface area contributed by atoms with Crippen LogP contribution in [0.5, 0.6) is 5.75 Å². The molecule has 1 aliphatic heterocycles. The fourth-order valence-corrected chi connectivity index (χ4v) is 5.61. The molecule has 1 amide bonds. The minimum atomic E-state index is -1.10. The van der Waals surface area contributed by atoms with Gasteiger partial charge in [0.05, 0.1) is 25.9 Å². The second kappa shape index (κ2) is 15.6. The topological polar surface area (TPSA) is 83.5 Å². The van der Waals surface area contributed by atoms with Crippen molar-refractivity contribution in [3.8, 4) is 5.75 Å². The van der Waals surface area contributed by atoms with E-state index in [1.54, 1.807) is 43.0 Å². The van der Waals surface area contributed by atoms with E-state index in [0.717, 1.165) is 16.7 Å². The summed E-state index contributed by atoms with van der Waals surface area (Å²) in [7, 11) is 0. The Morgan fingerprint density at radius 3 is 1.77 bits per heavy atom. The smallest absolute Gasteiger partial charge is 0.412 e. The lowest BCUT2D eigenvalue weighted by molar-refractivity contribution is -0.106. The van der Waals surface area contributed by atoms with Gasteiger partial charge >= 0.3 is 6.09 Å². The van der Waals surface area contributed by atoms with Gasteiger partial charge in [0.2, 0.25) is 0 Å². The number of amides is 1. The molecule has 4 aromatic carbocycles. The maximum atomic E-state index is 14.5. The molecule has 252 valence electrons. The highest BCUT2D eigenvalue weighted by atomic mass is 16.6. The average molecular weight is 652 g/mol. The second-order valence-corrected chi connectivity index (χ2v) is 13.3. The molecule has 0 radical (unpaired) electrons. The average Bonchev–Trinajstić information content (AvgIpc) is 3.40. The predicted octanol–water partition coefficient (Wildman–Crippen LogP) is 7.99. The summed E-state index contributed by atoms with van der Waals surface area (Å²) in [6.07, 6.45) is -2.57. The van der Waals surface area contributed by atoms with Crippen LogP contribution >= 0.6 is 0 Å². The summed E-state index contributed by atoms with van der Waals surface area (Å²) in [6.45, 7) is 9.93. The number of benzene rings is 4. The molecule has 0 unspecified atom stereocenters. The second-order valence-electron chi connectivity index (χ2n) is 13.3. The molecule has 0 aromatic heterocycles. The van der Waals surface area contributed by atoms with Crippen molar-refractivity contribution in [2.24, 2.45) is 0 Å². The number of hydrogen-bond acceptors (Lipinski definition) is 7. The number of carbonyl (C=O) groups is 2. The molecular weight excluding hydrogens is 606 g/mol. The van der Waals surface area contributed by atoms with Crippen LogP contribution in [0.15, 0.2) is 115 Å². The quantitative estimate of drug-likeness (QED) is 0.136. The Bertz CT molecular complexity index is 1600. The molecule has 1 fully saturated rings. The van der Waals surface area contributed by atoms with Crippen LogP contribution in [0.25, 0.3) is 0 Å². The first-order valence-electron chi connectivity index (χ1n) is 16.3. The lowest BCUT2D eigenvalue weighted by atomic mass is 9.96. The Labute approximate surface area is 283 Å². The zero-order valence-electron chi connectivity index (χ0n) is 28.3. The van der Waals surface area contributed by atoms with Gasteiger partial charge in [0.25, 0.3) is 0 Å². The van der Waals surface area contributed by atoms with E-state index >= 15 is 0 Å². The van der Waals surface area contributed by atoms with Crippen LogP contribution in [0.2, 0.25) is 0 Å². The minimum Gasteiger partial charge on any atom is -0.489 e. The summed E-state index contributed by atoms with van der Waals surface area (Å²) in [5.74, 6) is 0.350. The number of ketones is 1. The highest BCUT2D eigenvalue weighted by molar-refractivity contribution is 6.00. The lowest BCUT2D eigenvalue weighted by Crippen LogP contribution is -2.57. The van der Waals surface area contributed by atoms with Crippen molar-refractivity contribution >= 4 is 11.9 Å². The molecule has 1 aliphatic rings. The number of Topliss-reactive ketones (excluding diaryl/α,β-unsaturated/α-hetero) is 1. The summed E-state index contributed by atoms with van der Waals surface area (Å²) in [5, 5.41) is 0. The first-order chi connectivity index (χ1) is 23.0. The fourth-order valence-electron chi connectivity index (χ4n) is 5.61. The monoisotopic (exact) mass is 651 g/mol. The number of hydrogen-bond donors (Lipinski definition) is 0. The van der Waals surface area contributed by atoms with Crippen molar-refractivity contribution in [3.63, 3.8) is 0 Å². The number of rotatable bonds is 13. The molecule has 3 atom stereocenters. The molecule has 0 N–H and O–H groups in total. The molecule has 5 rings (SSSR count). The molecule has 1 heterocycles. The molecular formula is C40H45NO7. The number of nitrogens with zero attached hydrogens (tertiary/aromatic N) is 1. The Hall–Kier alpha value is -4.50. The fraction of sp³-hybridized carbons (Fsp3) is 0.350. The van der Waals surface area contributed by atoms with Crippen LogP contribution in [0, 0.1) is 0 Å². The molecule has 1 saturated heterocycles. The standard InChI is InChI=1S/C40H45NO7/c1-39(2,3)48-38(43)41-34(28-47-40(41,4)5)36(45-26-30-17-11-7-12-18-30)37(46-27-31-19-13-8-14-20-31)35(42)32-21-23-33(24-22-32)44-25-29-15-9-6-10-16-29/h6-24,34,36-37H,25-28H2,1-5H3/t34-,36-,37-/m1/s1. The molecule has 0 saturated carbocycles. The Morgan fingerprint density at radius 2 is 1.25 bits per heavy atom. The summed E-state index contributed by atoms with van der Waals surface area (Å²) in [5.41, 5.74) is 1.51. The summed E-state index contributed by atoms with van der Waals surface area (Å²) in [6, 6.07) is 35.5. The van der Waals surface area contributed by atoms with E-state index < -0.39 is 35.7 Å². The van der Waals surface area contributed by atoms with Gasteiger partial charge in [-0.2, -0.15) is 0 Å². The molecule has 48 heavy (non-hydrogen) atoms. The van der Waals surface area contributed by atoms with Crippen LogP contribution < -0.4 is 4.74 Å². The molecule has 0 aliphatic carbocycles. The first kappa shape index (κ1) is 34.8. The van der Waals surface area contributed by atoms with Crippen molar-refractivity contribution < 1.29 is 33.3 Å². The number of ether oxygens (including phenoxy) is 5. The van der Waals surface area contributed by atoms with Gasteiger partial charge in [-0.3, -0.25) is 9.69 Å². The van der Waals surface area contributed by atoms with E-state index in [0.29, 0.717) is 17.9 Å². The van der Waals surface area contributed by atoms with E-state index in [1.165, 1.54) is 0 Å². The Balaban J connectivity index is 1.47. The zero-order chi connectivity index (χ0) is 34.1. The molecule has 4 aromatic rings. The Kier molecular flexibility index (Phi) is 11.3. The third-order valence-electron chi connectivity index (χ3n) is 7.99. The van der Waals surface area contributed by atoms with Crippen molar-refractivity contribution in [1.29, 1.82) is 0 Å². The van der Waals surface area contributed by atoms with Gasteiger partial charge < -0.3 is 23.7 Å². The van der Waals surface area contributed by atoms with E-state index in [-0.39, 0.29) is 25.6 Å². The third-order valence-corrected chi connectivity index (χ3v) is 7.99. The Morgan fingerprint density at radius 1 is 0.750 bits per heavy atom.